The molecule has 1 saturated heterocycles. The van der Waals surface area contributed by atoms with Gasteiger partial charge in [0.1, 0.15) is 0 Å². The predicted molar refractivity (Wildman–Crippen MR) is 69.6 cm³/mol. The minimum atomic E-state index is -2.45. The number of carbonyl (C=O) groups is 2. The maximum absolute atomic E-state index is 14.0. The highest BCUT2D eigenvalue weighted by Gasteiger charge is 2.47. The molecule has 1 heterocycles. The molecule has 0 radical (unpaired) electrons. The first-order chi connectivity index (χ1) is 9.89. The molecule has 0 bridgehead atoms. The van der Waals surface area contributed by atoms with Gasteiger partial charge in [0.25, 0.3) is 5.91 Å². The normalized spacial score (nSPS) is 21.4. The first kappa shape index (κ1) is 15.2. The Morgan fingerprint density at radius 3 is 2.76 bits per heavy atom. The lowest BCUT2D eigenvalue weighted by molar-refractivity contribution is -0.149. The number of carboxylic acid groups (broad SMARTS) is 1. The molecule has 1 atom stereocenters. The van der Waals surface area contributed by atoms with Gasteiger partial charge in [-0.2, -0.15) is 0 Å². The van der Waals surface area contributed by atoms with Crippen LogP contribution in [0.4, 0.5) is 8.78 Å². The molecule has 0 spiro atoms. The Hall–Kier alpha value is -2.18. The molecule has 1 aliphatic heterocycles. The first-order valence-electron chi connectivity index (χ1n) is 6.52. The van der Waals surface area contributed by atoms with Gasteiger partial charge in [-0.15, -0.1) is 0 Å². The lowest BCUT2D eigenvalue weighted by atomic mass is 10.1. The SMILES string of the molecule is CCOc1c(F)cccc1C(=O)N1CCC(F)(C(=O)O)C1. The number of ether oxygens (including phenoxy) is 1. The third-order valence-electron chi connectivity index (χ3n) is 3.38. The van der Waals surface area contributed by atoms with Crippen LogP contribution in [-0.2, 0) is 4.79 Å². The highest BCUT2D eigenvalue weighted by atomic mass is 19.1. The Morgan fingerprint density at radius 1 is 1.48 bits per heavy atom. The number of amides is 1. The molecule has 1 aromatic rings. The summed E-state index contributed by atoms with van der Waals surface area (Å²) in [5, 5.41) is 8.83. The molecule has 21 heavy (non-hydrogen) atoms. The minimum Gasteiger partial charge on any atom is -0.490 e. The molecule has 2 rings (SSSR count). The molecular weight excluding hydrogens is 284 g/mol. The summed E-state index contributed by atoms with van der Waals surface area (Å²) in [6, 6.07) is 3.87. The van der Waals surface area contributed by atoms with Gasteiger partial charge in [-0.05, 0) is 19.1 Å². The summed E-state index contributed by atoms with van der Waals surface area (Å²) in [6.45, 7) is 1.23. The second-order valence-electron chi connectivity index (χ2n) is 4.80. The zero-order valence-corrected chi connectivity index (χ0v) is 11.4. The van der Waals surface area contributed by atoms with E-state index in [1.807, 2.05) is 0 Å². The molecular formula is C14H15F2NO4. The van der Waals surface area contributed by atoms with Crippen LogP contribution in [0.3, 0.4) is 0 Å². The standard InChI is InChI=1S/C14H15F2NO4/c1-2-21-11-9(4-3-5-10(11)15)12(18)17-7-6-14(16,8-17)13(19)20/h3-5H,2,6-8H2,1H3,(H,19,20). The Morgan fingerprint density at radius 2 is 2.19 bits per heavy atom. The zero-order valence-electron chi connectivity index (χ0n) is 11.4. The van der Waals surface area contributed by atoms with Gasteiger partial charge in [0.05, 0.1) is 18.7 Å². The molecule has 114 valence electrons. The quantitative estimate of drug-likeness (QED) is 0.921. The molecule has 7 heteroatoms. The number of aliphatic carboxylic acids is 1. The second-order valence-corrected chi connectivity index (χ2v) is 4.80. The van der Waals surface area contributed by atoms with Crippen molar-refractivity contribution >= 4 is 11.9 Å². The van der Waals surface area contributed by atoms with Gasteiger partial charge in [-0.3, -0.25) is 4.79 Å². The van der Waals surface area contributed by atoms with E-state index in [4.69, 9.17) is 9.84 Å². The highest BCUT2D eigenvalue weighted by molar-refractivity contribution is 5.98. The number of carbonyl (C=O) groups excluding carboxylic acids is 1. The molecule has 0 aliphatic carbocycles. The van der Waals surface area contributed by atoms with Crippen LogP contribution in [0.2, 0.25) is 0 Å². The number of hydrogen-bond donors (Lipinski definition) is 1. The van der Waals surface area contributed by atoms with Crippen LogP contribution in [0.25, 0.3) is 0 Å². The van der Waals surface area contributed by atoms with Crippen LogP contribution in [-0.4, -0.2) is 47.2 Å². The van der Waals surface area contributed by atoms with E-state index in [0.29, 0.717) is 0 Å². The number of rotatable bonds is 4. The lowest BCUT2D eigenvalue weighted by Crippen LogP contribution is -2.39. The Kier molecular flexibility index (Phi) is 4.11. The van der Waals surface area contributed by atoms with Gasteiger partial charge in [0, 0.05) is 13.0 Å². The summed E-state index contributed by atoms with van der Waals surface area (Å²) in [4.78, 5) is 24.2. The molecule has 5 nitrogen and oxygen atoms in total. The number of para-hydroxylation sites is 1. The number of carboxylic acids is 1. The summed E-state index contributed by atoms with van der Waals surface area (Å²) >= 11 is 0. The largest absolute Gasteiger partial charge is 0.490 e. The maximum Gasteiger partial charge on any atom is 0.343 e. The van der Waals surface area contributed by atoms with Crippen molar-refractivity contribution in [3.8, 4) is 5.75 Å². The average Bonchev–Trinajstić information content (AvgIpc) is 2.84. The van der Waals surface area contributed by atoms with Gasteiger partial charge < -0.3 is 14.7 Å². The van der Waals surface area contributed by atoms with Crippen LogP contribution in [0.15, 0.2) is 18.2 Å². The van der Waals surface area contributed by atoms with E-state index in [-0.39, 0.29) is 30.9 Å². The van der Waals surface area contributed by atoms with Crippen molar-refractivity contribution < 1.29 is 28.2 Å². The van der Waals surface area contributed by atoms with Crippen molar-refractivity contribution in [1.82, 2.24) is 4.90 Å². The molecule has 1 amide bonds. The third kappa shape index (κ3) is 2.81. The fourth-order valence-electron chi connectivity index (χ4n) is 2.26. The van der Waals surface area contributed by atoms with Gasteiger partial charge in [-0.1, -0.05) is 6.07 Å². The topological polar surface area (TPSA) is 66.8 Å². The number of halogens is 2. The second kappa shape index (κ2) is 5.67. The number of benzene rings is 1. The fourth-order valence-corrected chi connectivity index (χ4v) is 2.26. The monoisotopic (exact) mass is 299 g/mol. The third-order valence-corrected chi connectivity index (χ3v) is 3.38. The number of likely N-dealkylation sites (tertiary alicyclic amines) is 1. The van der Waals surface area contributed by atoms with Crippen molar-refractivity contribution in [2.75, 3.05) is 19.7 Å². The summed E-state index contributed by atoms with van der Waals surface area (Å²) in [5.41, 5.74) is -2.49. The maximum atomic E-state index is 14.0. The lowest BCUT2D eigenvalue weighted by Gasteiger charge is -2.19. The minimum absolute atomic E-state index is 0.0357. The number of alkyl halides is 1. The van der Waals surface area contributed by atoms with Crippen LogP contribution < -0.4 is 4.74 Å². The van der Waals surface area contributed by atoms with Gasteiger partial charge in [-0.25, -0.2) is 13.6 Å². The number of hydrogen-bond acceptors (Lipinski definition) is 3. The molecule has 0 aromatic heterocycles. The van der Waals surface area contributed by atoms with Crippen LogP contribution in [0.1, 0.15) is 23.7 Å². The van der Waals surface area contributed by atoms with E-state index in [1.165, 1.54) is 12.1 Å². The summed E-state index contributed by atoms with van der Waals surface area (Å²) in [6.07, 6.45) is -0.284. The predicted octanol–water partition coefficient (Wildman–Crippen LogP) is 1.86. The fraction of sp³-hybridized carbons (Fsp3) is 0.429. The van der Waals surface area contributed by atoms with Crippen molar-refractivity contribution in [1.29, 1.82) is 0 Å². The number of nitrogens with zero attached hydrogens (tertiary/aromatic N) is 1. The van der Waals surface area contributed by atoms with E-state index >= 15 is 0 Å². The van der Waals surface area contributed by atoms with Crippen molar-refractivity contribution in [3.05, 3.63) is 29.6 Å². The van der Waals surface area contributed by atoms with Crippen LogP contribution in [0, 0.1) is 5.82 Å². The van der Waals surface area contributed by atoms with E-state index in [9.17, 15) is 18.4 Å². The first-order valence-corrected chi connectivity index (χ1v) is 6.52. The summed E-state index contributed by atoms with van der Waals surface area (Å²) in [5.74, 6) is -3.12. The van der Waals surface area contributed by atoms with E-state index in [2.05, 4.69) is 0 Å². The zero-order chi connectivity index (χ0) is 15.6. The Bertz CT molecular complexity index is 578. The van der Waals surface area contributed by atoms with E-state index < -0.39 is 29.9 Å². The van der Waals surface area contributed by atoms with Gasteiger partial charge >= 0.3 is 5.97 Å². The summed E-state index contributed by atoms with van der Waals surface area (Å²) in [7, 11) is 0. The molecule has 1 N–H and O–H groups in total. The Balaban J connectivity index is 2.26. The van der Waals surface area contributed by atoms with Crippen molar-refractivity contribution in [3.63, 3.8) is 0 Å². The Labute approximate surface area is 120 Å². The van der Waals surface area contributed by atoms with Crippen LogP contribution in [0.5, 0.6) is 5.75 Å². The van der Waals surface area contributed by atoms with Crippen molar-refractivity contribution in [2.45, 2.75) is 19.0 Å². The van der Waals surface area contributed by atoms with E-state index in [1.54, 1.807) is 6.92 Å². The molecule has 1 fully saturated rings. The average molecular weight is 299 g/mol. The van der Waals surface area contributed by atoms with E-state index in [0.717, 1.165) is 11.0 Å². The van der Waals surface area contributed by atoms with Crippen molar-refractivity contribution in [2.24, 2.45) is 0 Å². The van der Waals surface area contributed by atoms with Gasteiger partial charge in [0.2, 0.25) is 5.67 Å². The van der Waals surface area contributed by atoms with Crippen LogP contribution >= 0.6 is 0 Å². The molecule has 0 saturated carbocycles. The summed E-state index contributed by atoms with van der Waals surface area (Å²) < 4.78 is 32.8. The highest BCUT2D eigenvalue weighted by Crippen LogP contribution is 2.30. The molecule has 1 unspecified atom stereocenters. The molecule has 1 aromatic carbocycles. The molecule has 1 aliphatic rings. The smallest absolute Gasteiger partial charge is 0.343 e. The van der Waals surface area contributed by atoms with Gasteiger partial charge in [0.15, 0.2) is 11.6 Å².